The number of hydrogen-bond donors (Lipinski definition) is 1. The summed E-state index contributed by atoms with van der Waals surface area (Å²) in [7, 11) is 0. The second-order valence-corrected chi connectivity index (χ2v) is 9.69. The first-order valence-electron chi connectivity index (χ1n) is 13.4. The van der Waals surface area contributed by atoms with E-state index < -0.39 is 0 Å². The topological polar surface area (TPSA) is 15.3 Å². The molecule has 0 spiro atoms. The van der Waals surface area contributed by atoms with Crippen LogP contribution in [0.15, 0.2) is 115 Å². The quantitative estimate of drug-likeness (QED) is 0.232. The summed E-state index contributed by atoms with van der Waals surface area (Å²) in [5, 5.41) is 2.28. The van der Waals surface area contributed by atoms with E-state index in [1.165, 1.54) is 66.3 Å². The van der Waals surface area contributed by atoms with Gasteiger partial charge in [-0.15, -0.1) is 0 Å². The summed E-state index contributed by atoms with van der Waals surface area (Å²) >= 11 is 0. The van der Waals surface area contributed by atoms with Gasteiger partial charge < -0.3 is 0 Å². The fraction of sp³-hybridized carbons (Fsp3) is 0.235. The molecule has 1 heterocycles. The van der Waals surface area contributed by atoms with E-state index in [9.17, 15) is 0 Å². The molecule has 1 N–H and O–H groups in total. The molecule has 2 nitrogen and oxygen atoms in total. The van der Waals surface area contributed by atoms with Crippen LogP contribution in [-0.4, -0.2) is 0 Å². The first-order chi connectivity index (χ1) is 17.8. The van der Waals surface area contributed by atoms with E-state index in [1.54, 1.807) is 0 Å². The number of anilines is 1. The fourth-order valence-electron chi connectivity index (χ4n) is 4.98. The van der Waals surface area contributed by atoms with Crippen LogP contribution in [0.1, 0.15) is 61.8 Å². The molecule has 5 rings (SSSR count). The maximum atomic E-state index is 3.69. The van der Waals surface area contributed by atoms with Gasteiger partial charge in [0.1, 0.15) is 0 Å². The second kappa shape index (κ2) is 11.8. The highest BCUT2D eigenvalue weighted by molar-refractivity contribution is 5.74. The minimum atomic E-state index is 0.134. The summed E-state index contributed by atoms with van der Waals surface area (Å²) in [6, 6.07) is 39.4. The maximum Gasteiger partial charge on any atom is 0.0958 e. The van der Waals surface area contributed by atoms with E-state index in [0.717, 1.165) is 11.4 Å². The predicted octanol–water partition coefficient (Wildman–Crippen LogP) is 8.97. The van der Waals surface area contributed by atoms with Crippen molar-refractivity contribution in [1.29, 1.82) is 0 Å². The van der Waals surface area contributed by atoms with Crippen molar-refractivity contribution in [2.24, 2.45) is 0 Å². The Morgan fingerprint density at radius 2 is 1.22 bits per heavy atom. The summed E-state index contributed by atoms with van der Waals surface area (Å²) in [5.74, 6) is 0. The van der Waals surface area contributed by atoms with Gasteiger partial charge in [0.15, 0.2) is 0 Å². The van der Waals surface area contributed by atoms with E-state index in [1.807, 2.05) is 0 Å². The van der Waals surface area contributed by atoms with Gasteiger partial charge in [0, 0.05) is 0 Å². The van der Waals surface area contributed by atoms with Crippen molar-refractivity contribution >= 4 is 11.4 Å². The van der Waals surface area contributed by atoms with Crippen LogP contribution in [0.5, 0.6) is 0 Å². The van der Waals surface area contributed by atoms with E-state index in [2.05, 4.69) is 133 Å². The number of nitrogens with one attached hydrogen (secondary N) is 1. The second-order valence-electron chi connectivity index (χ2n) is 9.69. The molecule has 0 bridgehead atoms. The van der Waals surface area contributed by atoms with Crippen molar-refractivity contribution in [3.8, 4) is 11.1 Å². The molecule has 0 aliphatic carbocycles. The molecule has 1 aliphatic rings. The smallest absolute Gasteiger partial charge is 0.0958 e. The van der Waals surface area contributed by atoms with Gasteiger partial charge in [-0.2, -0.15) is 0 Å². The molecule has 2 heteroatoms. The molecule has 182 valence electrons. The SMILES string of the molecule is CCCCCCCc1ccc(C2C=C(c3ccc(-c4ccccc4)cc3)NN2c2ccccc2)cc1. The number of nitrogens with zero attached hydrogens (tertiary/aromatic N) is 1. The molecule has 0 fully saturated rings. The maximum absolute atomic E-state index is 3.69. The predicted molar refractivity (Wildman–Crippen MR) is 154 cm³/mol. The summed E-state index contributed by atoms with van der Waals surface area (Å²) in [6.45, 7) is 2.27. The van der Waals surface area contributed by atoms with Crippen LogP contribution in [0, 0.1) is 0 Å². The molecule has 36 heavy (non-hydrogen) atoms. The van der Waals surface area contributed by atoms with Crippen LogP contribution in [0.3, 0.4) is 0 Å². The van der Waals surface area contributed by atoms with Gasteiger partial charge in [0.05, 0.1) is 17.4 Å². The normalized spacial score (nSPS) is 15.0. The van der Waals surface area contributed by atoms with Crippen LogP contribution in [0.2, 0.25) is 0 Å². The number of para-hydroxylation sites is 1. The molecule has 0 saturated heterocycles. The average molecular weight is 473 g/mol. The van der Waals surface area contributed by atoms with Crippen LogP contribution < -0.4 is 10.4 Å². The lowest BCUT2D eigenvalue weighted by molar-refractivity contribution is 0.632. The number of hydrogen-bond acceptors (Lipinski definition) is 2. The van der Waals surface area contributed by atoms with Crippen LogP contribution >= 0.6 is 0 Å². The third-order valence-corrected chi connectivity index (χ3v) is 7.07. The molecule has 1 unspecified atom stereocenters. The Morgan fingerprint density at radius 1 is 0.611 bits per heavy atom. The Balaban J connectivity index is 1.36. The minimum absolute atomic E-state index is 0.134. The molecule has 0 radical (unpaired) electrons. The number of aryl methyl sites for hydroxylation is 1. The number of hydrazine groups is 1. The van der Waals surface area contributed by atoms with Crippen molar-refractivity contribution in [2.75, 3.05) is 5.01 Å². The molecule has 0 saturated carbocycles. The Bertz CT molecular complexity index is 1240. The highest BCUT2D eigenvalue weighted by Gasteiger charge is 2.27. The van der Waals surface area contributed by atoms with Gasteiger partial charge in [0.25, 0.3) is 0 Å². The molecule has 1 atom stereocenters. The standard InChI is InChI=1S/C34H36N2/c1-2-3-4-5-8-13-27-18-20-31(21-19-27)34-26-33(35-36(34)32-16-11-7-12-17-32)30-24-22-29(23-25-30)28-14-9-6-10-15-28/h6-7,9-12,14-26,34-35H,2-5,8,13H2,1H3. The van der Waals surface area contributed by atoms with E-state index in [4.69, 9.17) is 0 Å². The molecule has 0 amide bonds. The Kier molecular flexibility index (Phi) is 7.83. The summed E-state index contributed by atoms with van der Waals surface area (Å²) in [6.07, 6.45) is 10.1. The summed E-state index contributed by atoms with van der Waals surface area (Å²) < 4.78 is 0. The van der Waals surface area contributed by atoms with Crippen molar-refractivity contribution in [1.82, 2.24) is 5.43 Å². The van der Waals surface area contributed by atoms with Gasteiger partial charge in [-0.3, -0.25) is 10.4 Å². The van der Waals surface area contributed by atoms with Crippen molar-refractivity contribution in [3.05, 3.63) is 132 Å². The van der Waals surface area contributed by atoms with Gasteiger partial charge in [-0.05, 0) is 58.9 Å². The lowest BCUT2D eigenvalue weighted by Gasteiger charge is -2.27. The molecular formula is C34H36N2. The van der Waals surface area contributed by atoms with Crippen LogP contribution in [-0.2, 0) is 6.42 Å². The number of unbranched alkanes of at least 4 members (excludes halogenated alkanes) is 4. The third-order valence-electron chi connectivity index (χ3n) is 7.07. The van der Waals surface area contributed by atoms with Gasteiger partial charge in [0.2, 0.25) is 0 Å². The van der Waals surface area contributed by atoms with Gasteiger partial charge >= 0.3 is 0 Å². The Labute approximate surface area is 216 Å². The average Bonchev–Trinajstić information content (AvgIpc) is 3.40. The summed E-state index contributed by atoms with van der Waals surface area (Å²) in [5.41, 5.74) is 12.4. The van der Waals surface area contributed by atoms with Crippen molar-refractivity contribution in [2.45, 2.75) is 51.5 Å². The Hall–Kier alpha value is -3.78. The minimum Gasteiger partial charge on any atom is -0.297 e. The molecule has 4 aromatic carbocycles. The number of rotatable bonds is 10. The zero-order chi connectivity index (χ0) is 24.6. The molecule has 4 aromatic rings. The van der Waals surface area contributed by atoms with E-state index in [0.29, 0.717) is 0 Å². The van der Waals surface area contributed by atoms with Gasteiger partial charge in [-0.1, -0.05) is 130 Å². The third kappa shape index (κ3) is 5.71. The fourth-order valence-corrected chi connectivity index (χ4v) is 4.98. The Morgan fingerprint density at radius 3 is 1.92 bits per heavy atom. The lowest BCUT2D eigenvalue weighted by Crippen LogP contribution is -2.33. The van der Waals surface area contributed by atoms with Gasteiger partial charge in [-0.25, -0.2) is 0 Å². The monoisotopic (exact) mass is 472 g/mol. The zero-order valence-electron chi connectivity index (χ0n) is 21.2. The highest BCUT2D eigenvalue weighted by atomic mass is 15.5. The summed E-state index contributed by atoms with van der Waals surface area (Å²) in [4.78, 5) is 0. The highest BCUT2D eigenvalue weighted by Crippen LogP contribution is 2.35. The van der Waals surface area contributed by atoms with Crippen molar-refractivity contribution in [3.63, 3.8) is 0 Å². The molecular weight excluding hydrogens is 436 g/mol. The van der Waals surface area contributed by atoms with E-state index in [-0.39, 0.29) is 6.04 Å². The molecule has 1 aliphatic heterocycles. The van der Waals surface area contributed by atoms with Crippen LogP contribution in [0.25, 0.3) is 16.8 Å². The zero-order valence-corrected chi connectivity index (χ0v) is 21.2. The molecule has 0 aromatic heterocycles. The number of benzene rings is 4. The lowest BCUT2D eigenvalue weighted by atomic mass is 9.99. The first-order valence-corrected chi connectivity index (χ1v) is 13.4. The van der Waals surface area contributed by atoms with E-state index >= 15 is 0 Å². The van der Waals surface area contributed by atoms with Crippen molar-refractivity contribution < 1.29 is 0 Å². The van der Waals surface area contributed by atoms with Crippen LogP contribution in [0.4, 0.5) is 5.69 Å². The first kappa shape index (κ1) is 23.9. The largest absolute Gasteiger partial charge is 0.297 e.